The normalized spacial score (nSPS) is 15.3. The summed E-state index contributed by atoms with van der Waals surface area (Å²) >= 11 is 0. The molecule has 0 aliphatic heterocycles. The molecule has 0 amide bonds. The van der Waals surface area contributed by atoms with Crippen LogP contribution in [0.5, 0.6) is 11.5 Å². The maximum Gasteiger partial charge on any atom is 0.298 e. The fraction of sp³-hybridized carbons (Fsp3) is 0. The molecule has 0 spiro atoms. The Morgan fingerprint density at radius 2 is 1.44 bits per heavy atom. The van der Waals surface area contributed by atoms with E-state index in [2.05, 4.69) is 0 Å². The third-order valence-electron chi connectivity index (χ3n) is 2.40. The van der Waals surface area contributed by atoms with Crippen molar-refractivity contribution < 1.29 is 32.8 Å². The third kappa shape index (κ3) is 1.67. The van der Waals surface area contributed by atoms with E-state index in [9.17, 15) is 28.2 Å². The highest BCUT2D eigenvalue weighted by Gasteiger charge is 2.36. The number of hydrogen-bond acceptors (Lipinski definition) is 6. The maximum atomic E-state index is 11.8. The first-order chi connectivity index (χ1) is 8.23. The summed E-state index contributed by atoms with van der Waals surface area (Å²) in [6.07, 6.45) is 0.402. The van der Waals surface area contributed by atoms with Crippen molar-refractivity contribution in [2.24, 2.45) is 0 Å². The average Bonchev–Trinajstić information content (AvgIpc) is 2.25. The number of ketones is 2. The predicted octanol–water partition coefficient (Wildman–Crippen LogP) is 0.248. The molecule has 0 bridgehead atoms. The van der Waals surface area contributed by atoms with Crippen LogP contribution in [0.25, 0.3) is 0 Å². The Bertz CT molecular complexity index is 712. The first-order valence-corrected chi connectivity index (χ1v) is 6.00. The molecule has 0 fully saturated rings. The fourth-order valence-corrected chi connectivity index (χ4v) is 2.22. The lowest BCUT2D eigenvalue weighted by Crippen LogP contribution is -2.22. The molecule has 0 aromatic heterocycles. The SMILES string of the molecule is O=C1C=C(S(=O)(=O)O)C(=O)c2c(O)ccc(O)c21. The van der Waals surface area contributed by atoms with Crippen molar-refractivity contribution in [3.05, 3.63) is 34.2 Å². The number of carbonyl (C=O) groups is 2. The number of aromatic hydroxyl groups is 2. The number of rotatable bonds is 1. The van der Waals surface area contributed by atoms with Crippen molar-refractivity contribution in [3.63, 3.8) is 0 Å². The number of allylic oxidation sites excluding steroid dienone is 2. The summed E-state index contributed by atoms with van der Waals surface area (Å²) in [7, 11) is -4.88. The van der Waals surface area contributed by atoms with Gasteiger partial charge in [-0.3, -0.25) is 14.1 Å². The van der Waals surface area contributed by atoms with Gasteiger partial charge < -0.3 is 10.2 Å². The van der Waals surface area contributed by atoms with E-state index in [1.807, 2.05) is 0 Å². The molecule has 0 saturated heterocycles. The van der Waals surface area contributed by atoms with Gasteiger partial charge in [-0.05, 0) is 12.1 Å². The Morgan fingerprint density at radius 3 is 1.94 bits per heavy atom. The molecule has 1 aliphatic carbocycles. The third-order valence-corrected chi connectivity index (χ3v) is 3.26. The van der Waals surface area contributed by atoms with Gasteiger partial charge in [0.05, 0.1) is 11.1 Å². The van der Waals surface area contributed by atoms with E-state index in [1.54, 1.807) is 0 Å². The maximum absolute atomic E-state index is 11.8. The molecule has 3 N–H and O–H groups in total. The molecule has 0 atom stereocenters. The van der Waals surface area contributed by atoms with Crippen LogP contribution in [-0.2, 0) is 10.1 Å². The molecule has 1 aromatic rings. The zero-order valence-electron chi connectivity index (χ0n) is 8.61. The molecule has 0 unspecified atom stereocenters. The molecular formula is C10H6O7S. The highest BCUT2D eigenvalue weighted by Crippen LogP contribution is 2.35. The van der Waals surface area contributed by atoms with Crippen LogP contribution in [-0.4, -0.2) is 34.8 Å². The van der Waals surface area contributed by atoms with E-state index in [1.165, 1.54) is 0 Å². The van der Waals surface area contributed by atoms with Gasteiger partial charge in [-0.2, -0.15) is 8.42 Å². The van der Waals surface area contributed by atoms with Gasteiger partial charge in [0.25, 0.3) is 10.1 Å². The highest BCUT2D eigenvalue weighted by atomic mass is 32.2. The Hall–Kier alpha value is -2.19. The Morgan fingerprint density at radius 1 is 0.944 bits per heavy atom. The van der Waals surface area contributed by atoms with Gasteiger partial charge in [0.2, 0.25) is 5.78 Å². The van der Waals surface area contributed by atoms with Gasteiger partial charge in [-0.15, -0.1) is 0 Å². The molecular weight excluding hydrogens is 264 g/mol. The number of fused-ring (bicyclic) bond motifs is 1. The van der Waals surface area contributed by atoms with Crippen LogP contribution in [0, 0.1) is 0 Å². The van der Waals surface area contributed by atoms with Crippen molar-refractivity contribution in [2.45, 2.75) is 0 Å². The van der Waals surface area contributed by atoms with Crippen LogP contribution in [0.3, 0.4) is 0 Å². The van der Waals surface area contributed by atoms with Gasteiger partial charge >= 0.3 is 0 Å². The lowest BCUT2D eigenvalue weighted by atomic mass is 9.93. The zero-order valence-corrected chi connectivity index (χ0v) is 9.43. The van der Waals surface area contributed by atoms with Crippen molar-refractivity contribution in [1.29, 1.82) is 0 Å². The van der Waals surface area contributed by atoms with Crippen LogP contribution in [0.4, 0.5) is 0 Å². The number of phenolic OH excluding ortho intramolecular Hbond substituents is 2. The summed E-state index contributed by atoms with van der Waals surface area (Å²) < 4.78 is 30.6. The predicted molar refractivity (Wildman–Crippen MR) is 58.1 cm³/mol. The Labute approximate surface area is 101 Å². The molecule has 94 valence electrons. The highest BCUT2D eigenvalue weighted by molar-refractivity contribution is 7.91. The van der Waals surface area contributed by atoms with E-state index in [4.69, 9.17) is 4.55 Å². The summed E-state index contributed by atoms with van der Waals surface area (Å²) in [5, 5.41) is 18.9. The largest absolute Gasteiger partial charge is 0.507 e. The minimum atomic E-state index is -4.88. The fourth-order valence-electron chi connectivity index (χ4n) is 1.63. The quantitative estimate of drug-likeness (QED) is 0.492. The zero-order chi connectivity index (χ0) is 13.7. The number of hydrogen-bond donors (Lipinski definition) is 3. The second kappa shape index (κ2) is 3.65. The standard InChI is InChI=1S/C10H6O7S/c11-4-1-2-5(12)9-8(4)6(13)3-7(10(9)14)18(15,16)17/h1-3,11-12H,(H,15,16,17). The van der Waals surface area contributed by atoms with Gasteiger partial charge in [-0.25, -0.2) is 0 Å². The first kappa shape index (κ1) is 12.3. The van der Waals surface area contributed by atoms with Crippen LogP contribution in [0.2, 0.25) is 0 Å². The van der Waals surface area contributed by atoms with E-state index >= 15 is 0 Å². The van der Waals surface area contributed by atoms with Gasteiger partial charge in [0, 0.05) is 6.08 Å². The monoisotopic (exact) mass is 270 g/mol. The molecule has 0 heterocycles. The van der Waals surface area contributed by atoms with E-state index in [-0.39, 0.29) is 0 Å². The Balaban J connectivity index is 2.82. The number of carbonyl (C=O) groups excluding carboxylic acids is 2. The summed E-state index contributed by atoms with van der Waals surface area (Å²) in [4.78, 5) is 22.2. The molecule has 0 radical (unpaired) electrons. The minimum absolute atomic E-state index is 0.402. The second-order valence-corrected chi connectivity index (χ2v) is 4.92. The van der Waals surface area contributed by atoms with Crippen LogP contribution < -0.4 is 0 Å². The topological polar surface area (TPSA) is 129 Å². The van der Waals surface area contributed by atoms with Gasteiger partial charge in [0.15, 0.2) is 5.78 Å². The molecule has 0 saturated carbocycles. The second-order valence-electron chi connectivity index (χ2n) is 3.53. The molecule has 1 aliphatic rings. The van der Waals surface area contributed by atoms with E-state index in [0.717, 1.165) is 12.1 Å². The lowest BCUT2D eigenvalue weighted by molar-refractivity contribution is 0.0984. The van der Waals surface area contributed by atoms with Crippen molar-refractivity contribution >= 4 is 21.7 Å². The summed E-state index contributed by atoms with van der Waals surface area (Å²) in [5.74, 6) is -3.46. The Kier molecular flexibility index (Phi) is 2.49. The summed E-state index contributed by atoms with van der Waals surface area (Å²) in [6.45, 7) is 0. The van der Waals surface area contributed by atoms with Gasteiger partial charge in [0.1, 0.15) is 16.4 Å². The van der Waals surface area contributed by atoms with E-state index < -0.39 is 49.2 Å². The smallest absolute Gasteiger partial charge is 0.298 e. The number of benzene rings is 1. The molecule has 7 nitrogen and oxygen atoms in total. The lowest BCUT2D eigenvalue weighted by Gasteiger charge is -2.15. The molecule has 2 rings (SSSR count). The average molecular weight is 270 g/mol. The molecule has 8 heteroatoms. The van der Waals surface area contributed by atoms with Crippen molar-refractivity contribution in [1.82, 2.24) is 0 Å². The minimum Gasteiger partial charge on any atom is -0.507 e. The van der Waals surface area contributed by atoms with E-state index in [0.29, 0.717) is 6.08 Å². The van der Waals surface area contributed by atoms with Crippen molar-refractivity contribution in [2.75, 3.05) is 0 Å². The van der Waals surface area contributed by atoms with Gasteiger partial charge in [-0.1, -0.05) is 0 Å². The van der Waals surface area contributed by atoms with Crippen molar-refractivity contribution in [3.8, 4) is 11.5 Å². The summed E-state index contributed by atoms with van der Waals surface area (Å²) in [5.41, 5.74) is -1.14. The molecule has 1 aromatic carbocycles. The van der Waals surface area contributed by atoms with Crippen LogP contribution >= 0.6 is 0 Å². The number of phenols is 2. The van der Waals surface area contributed by atoms with Crippen LogP contribution in [0.15, 0.2) is 23.1 Å². The number of Topliss-reactive ketones (excluding diaryl/α,β-unsaturated/α-hetero) is 1. The first-order valence-electron chi connectivity index (χ1n) is 4.56. The van der Waals surface area contributed by atoms with Crippen LogP contribution in [0.1, 0.15) is 20.7 Å². The summed E-state index contributed by atoms with van der Waals surface area (Å²) in [6, 6.07) is 1.93. The molecule has 18 heavy (non-hydrogen) atoms.